The Morgan fingerprint density at radius 3 is 2.94 bits per heavy atom. The van der Waals surface area contributed by atoms with Gasteiger partial charge in [-0.2, -0.15) is 0 Å². The van der Waals surface area contributed by atoms with Crippen LogP contribution in [0.2, 0.25) is 0 Å². The number of imidazole rings is 1. The van der Waals surface area contributed by atoms with Crippen molar-refractivity contribution in [3.05, 3.63) is 36.3 Å². The third-order valence-corrected chi connectivity index (χ3v) is 2.93. The van der Waals surface area contributed by atoms with Gasteiger partial charge in [-0.25, -0.2) is 9.97 Å². The summed E-state index contributed by atoms with van der Waals surface area (Å²) in [5.74, 6) is 1.57. The van der Waals surface area contributed by atoms with Gasteiger partial charge in [0.15, 0.2) is 0 Å². The van der Waals surface area contributed by atoms with E-state index in [1.807, 2.05) is 12.4 Å². The second-order valence-electron chi connectivity index (χ2n) is 4.18. The fourth-order valence-corrected chi connectivity index (χ4v) is 2.03. The SMILES string of the molecule is Nc1cnc(CN2CCn3ccnc3C2)cn1. The van der Waals surface area contributed by atoms with Crippen molar-refractivity contribution >= 4 is 5.82 Å². The van der Waals surface area contributed by atoms with Crippen molar-refractivity contribution in [3.63, 3.8) is 0 Å². The van der Waals surface area contributed by atoms with Crippen molar-refractivity contribution in [3.8, 4) is 0 Å². The van der Waals surface area contributed by atoms with E-state index in [0.717, 1.165) is 37.7 Å². The van der Waals surface area contributed by atoms with Crippen molar-refractivity contribution in [2.24, 2.45) is 0 Å². The first kappa shape index (κ1) is 10.2. The fourth-order valence-electron chi connectivity index (χ4n) is 2.03. The first-order chi connectivity index (χ1) is 8.31. The molecule has 88 valence electrons. The summed E-state index contributed by atoms with van der Waals surface area (Å²) in [6, 6.07) is 0. The summed E-state index contributed by atoms with van der Waals surface area (Å²) in [5.41, 5.74) is 6.45. The van der Waals surface area contributed by atoms with E-state index in [9.17, 15) is 0 Å². The standard InChI is InChI=1S/C11H14N6/c12-10-6-14-9(5-15-10)7-16-3-4-17-2-1-13-11(17)8-16/h1-2,5-6H,3-4,7-8H2,(H2,12,15). The van der Waals surface area contributed by atoms with Crippen LogP contribution in [0.1, 0.15) is 11.5 Å². The fraction of sp³-hybridized carbons (Fsp3) is 0.364. The lowest BCUT2D eigenvalue weighted by Gasteiger charge is -2.26. The predicted molar refractivity (Wildman–Crippen MR) is 62.8 cm³/mol. The molecule has 1 aliphatic rings. The lowest BCUT2D eigenvalue weighted by molar-refractivity contribution is 0.206. The summed E-state index contributed by atoms with van der Waals surface area (Å²) in [5, 5.41) is 0. The molecule has 0 aliphatic carbocycles. The Kier molecular flexibility index (Phi) is 2.49. The molecule has 0 saturated heterocycles. The smallest absolute Gasteiger partial charge is 0.141 e. The van der Waals surface area contributed by atoms with E-state index in [1.54, 1.807) is 12.4 Å². The first-order valence-electron chi connectivity index (χ1n) is 5.60. The first-order valence-corrected chi connectivity index (χ1v) is 5.60. The molecule has 0 spiro atoms. The number of hydrogen-bond donors (Lipinski definition) is 1. The molecular weight excluding hydrogens is 216 g/mol. The highest BCUT2D eigenvalue weighted by atomic mass is 15.2. The Morgan fingerprint density at radius 2 is 2.12 bits per heavy atom. The van der Waals surface area contributed by atoms with Crippen molar-refractivity contribution in [1.82, 2.24) is 24.4 Å². The van der Waals surface area contributed by atoms with E-state index in [2.05, 4.69) is 24.4 Å². The van der Waals surface area contributed by atoms with E-state index in [4.69, 9.17) is 5.73 Å². The molecule has 6 nitrogen and oxygen atoms in total. The molecule has 0 fully saturated rings. The van der Waals surface area contributed by atoms with Crippen LogP contribution in [0.15, 0.2) is 24.8 Å². The summed E-state index contributed by atoms with van der Waals surface area (Å²) >= 11 is 0. The van der Waals surface area contributed by atoms with Crippen LogP contribution in [-0.2, 0) is 19.6 Å². The Morgan fingerprint density at radius 1 is 1.18 bits per heavy atom. The third kappa shape index (κ3) is 2.12. The average Bonchev–Trinajstić information content (AvgIpc) is 2.79. The van der Waals surface area contributed by atoms with Gasteiger partial charge in [-0.3, -0.25) is 9.88 Å². The maximum atomic E-state index is 5.51. The van der Waals surface area contributed by atoms with Crippen LogP contribution < -0.4 is 5.73 Å². The molecule has 17 heavy (non-hydrogen) atoms. The van der Waals surface area contributed by atoms with Gasteiger partial charge >= 0.3 is 0 Å². The highest BCUT2D eigenvalue weighted by Gasteiger charge is 2.16. The topological polar surface area (TPSA) is 72.9 Å². The zero-order valence-electron chi connectivity index (χ0n) is 9.45. The molecule has 2 aromatic heterocycles. The monoisotopic (exact) mass is 230 g/mol. The maximum absolute atomic E-state index is 5.51. The van der Waals surface area contributed by atoms with E-state index in [1.165, 1.54) is 0 Å². The van der Waals surface area contributed by atoms with E-state index in [0.29, 0.717) is 5.82 Å². The largest absolute Gasteiger partial charge is 0.382 e. The lowest BCUT2D eigenvalue weighted by Crippen LogP contribution is -2.33. The Bertz CT molecular complexity index is 503. The summed E-state index contributed by atoms with van der Waals surface area (Å²) < 4.78 is 2.19. The minimum absolute atomic E-state index is 0.461. The molecule has 0 amide bonds. The number of aromatic nitrogens is 4. The van der Waals surface area contributed by atoms with Crippen LogP contribution in [0.3, 0.4) is 0 Å². The highest BCUT2D eigenvalue weighted by molar-refractivity contribution is 5.22. The van der Waals surface area contributed by atoms with Gasteiger partial charge in [-0.1, -0.05) is 0 Å². The summed E-state index contributed by atoms with van der Waals surface area (Å²) in [4.78, 5) is 14.9. The van der Waals surface area contributed by atoms with Crippen molar-refractivity contribution in [1.29, 1.82) is 0 Å². The molecule has 0 unspecified atom stereocenters. The molecule has 3 rings (SSSR count). The molecule has 3 heterocycles. The molecule has 0 radical (unpaired) electrons. The van der Waals surface area contributed by atoms with Gasteiger partial charge in [0, 0.05) is 32.0 Å². The molecule has 1 aliphatic heterocycles. The zero-order chi connectivity index (χ0) is 11.7. The van der Waals surface area contributed by atoms with Gasteiger partial charge in [-0.15, -0.1) is 0 Å². The van der Waals surface area contributed by atoms with E-state index < -0.39 is 0 Å². The molecule has 2 N–H and O–H groups in total. The molecule has 2 aromatic rings. The minimum atomic E-state index is 0.461. The number of fused-ring (bicyclic) bond motifs is 1. The van der Waals surface area contributed by atoms with Crippen LogP contribution >= 0.6 is 0 Å². The molecule has 0 aromatic carbocycles. The average molecular weight is 230 g/mol. The van der Waals surface area contributed by atoms with E-state index in [-0.39, 0.29) is 0 Å². The quantitative estimate of drug-likeness (QED) is 0.801. The van der Waals surface area contributed by atoms with Gasteiger partial charge < -0.3 is 10.3 Å². The molecular formula is C11H14N6. The summed E-state index contributed by atoms with van der Waals surface area (Å²) in [6.07, 6.45) is 7.20. The Balaban J connectivity index is 1.69. The maximum Gasteiger partial charge on any atom is 0.141 e. The van der Waals surface area contributed by atoms with Gasteiger partial charge in [-0.05, 0) is 0 Å². The van der Waals surface area contributed by atoms with Gasteiger partial charge in [0.05, 0.1) is 24.6 Å². The number of anilines is 1. The molecule has 0 bridgehead atoms. The van der Waals surface area contributed by atoms with Crippen LogP contribution in [0.5, 0.6) is 0 Å². The second-order valence-corrected chi connectivity index (χ2v) is 4.18. The molecule has 0 saturated carbocycles. The lowest BCUT2D eigenvalue weighted by atomic mass is 10.3. The second kappa shape index (κ2) is 4.14. The molecule has 6 heteroatoms. The van der Waals surface area contributed by atoms with Gasteiger partial charge in [0.1, 0.15) is 11.6 Å². The number of nitrogens with two attached hydrogens (primary N) is 1. The van der Waals surface area contributed by atoms with E-state index >= 15 is 0 Å². The predicted octanol–water partition coefficient (Wildman–Crippen LogP) is 0.271. The highest BCUT2D eigenvalue weighted by Crippen LogP contribution is 2.12. The molecule has 0 atom stereocenters. The number of nitrogens with zero attached hydrogens (tertiary/aromatic N) is 5. The van der Waals surface area contributed by atoms with Crippen LogP contribution in [-0.4, -0.2) is 31.0 Å². The van der Waals surface area contributed by atoms with Crippen molar-refractivity contribution < 1.29 is 0 Å². The van der Waals surface area contributed by atoms with Crippen molar-refractivity contribution in [2.45, 2.75) is 19.6 Å². The normalized spacial score (nSPS) is 15.8. The number of hydrogen-bond acceptors (Lipinski definition) is 5. The number of nitrogen functional groups attached to an aromatic ring is 1. The Hall–Kier alpha value is -1.95. The number of rotatable bonds is 2. The van der Waals surface area contributed by atoms with Crippen molar-refractivity contribution in [2.75, 3.05) is 12.3 Å². The van der Waals surface area contributed by atoms with Gasteiger partial charge in [0.2, 0.25) is 0 Å². The minimum Gasteiger partial charge on any atom is -0.382 e. The Labute approximate surface area is 99.1 Å². The van der Waals surface area contributed by atoms with Gasteiger partial charge in [0.25, 0.3) is 0 Å². The summed E-state index contributed by atoms with van der Waals surface area (Å²) in [6.45, 7) is 3.65. The van der Waals surface area contributed by atoms with Crippen LogP contribution in [0.4, 0.5) is 5.82 Å². The zero-order valence-corrected chi connectivity index (χ0v) is 9.45. The van der Waals surface area contributed by atoms with Crippen LogP contribution in [0.25, 0.3) is 0 Å². The third-order valence-electron chi connectivity index (χ3n) is 2.93. The van der Waals surface area contributed by atoms with Crippen LogP contribution in [0, 0.1) is 0 Å². The summed E-state index contributed by atoms with van der Waals surface area (Å²) in [7, 11) is 0.